The maximum Gasteiger partial charge on any atom is 0.530 e. The van der Waals surface area contributed by atoms with Crippen LogP contribution in [0.1, 0.15) is 118 Å². The van der Waals surface area contributed by atoms with Crippen molar-refractivity contribution in [1.29, 1.82) is 5.26 Å². The van der Waals surface area contributed by atoms with Crippen molar-refractivity contribution in [3.63, 3.8) is 0 Å². The van der Waals surface area contributed by atoms with Crippen LogP contribution in [-0.4, -0.2) is 129 Å². The van der Waals surface area contributed by atoms with Crippen LogP contribution >= 0.6 is 47.4 Å². The Balaban J connectivity index is 0.0000130. The van der Waals surface area contributed by atoms with Crippen LogP contribution in [-0.2, 0) is 60.8 Å². The number of nitrogens with zero attached hydrogens (tertiary/aromatic N) is 6. The predicted molar refractivity (Wildman–Crippen MR) is 427 cm³/mol. The van der Waals surface area contributed by atoms with Gasteiger partial charge in [-0.2, -0.15) is 10.2 Å². The van der Waals surface area contributed by atoms with Crippen molar-refractivity contribution in [3.8, 4) is 29.1 Å². The Labute approximate surface area is 673 Å². The summed E-state index contributed by atoms with van der Waals surface area (Å²) in [6, 6.07) is 47.2. The molecule has 12 rings (SSSR count). The number of phosphoric acid groups is 2. The monoisotopic (exact) mass is 1680 g/mol. The molecular formula is C79H88Cl2N9O22P3. The van der Waals surface area contributed by atoms with Crippen LogP contribution in [0, 0.1) is 25.2 Å². The highest BCUT2D eigenvalue weighted by molar-refractivity contribution is 7.49. The van der Waals surface area contributed by atoms with Crippen LogP contribution in [0.4, 0.5) is 5.82 Å². The average molecular weight is 1680 g/mol. The Morgan fingerprint density at radius 3 is 1.51 bits per heavy atom. The first-order valence-corrected chi connectivity index (χ1v) is 41.1. The van der Waals surface area contributed by atoms with E-state index < -0.39 is 145 Å². The number of carbonyl (C=O) groups is 1. The molecule has 12 atom stereocenters. The number of nitriles is 1. The number of hydrogen-bond donors (Lipinski definition) is 3. The lowest BCUT2D eigenvalue weighted by Crippen LogP contribution is -2.38. The van der Waals surface area contributed by atoms with Gasteiger partial charge in [-0.25, -0.2) is 28.2 Å². The predicted octanol–water partition coefficient (Wildman–Crippen LogP) is 13.9. The highest BCUT2D eigenvalue weighted by atomic mass is 35.5. The number of nitrogens with one attached hydrogen (secondary N) is 3. The van der Waals surface area contributed by atoms with E-state index in [-0.39, 0.29) is 83.9 Å². The van der Waals surface area contributed by atoms with Crippen molar-refractivity contribution >= 4 is 59.1 Å². The number of amides is 1. The molecular weight excluding hydrogens is 1590 g/mol. The summed E-state index contributed by atoms with van der Waals surface area (Å²) in [4.78, 5) is 89.7. The third-order valence-electron chi connectivity index (χ3n) is 18.8. The van der Waals surface area contributed by atoms with E-state index in [2.05, 4.69) is 26.3 Å². The highest BCUT2D eigenvalue weighted by Gasteiger charge is 2.51. The Kier molecular flexibility index (Phi) is 29.1. The van der Waals surface area contributed by atoms with Gasteiger partial charge in [0.1, 0.15) is 83.6 Å². The molecule has 3 fully saturated rings. The number of rotatable bonds is 35. The first kappa shape index (κ1) is 86.6. The quantitative estimate of drug-likeness (QED) is 0.0189. The fourth-order valence-corrected chi connectivity index (χ4v) is 18.4. The number of H-pyrrole nitrogens is 2. The van der Waals surface area contributed by atoms with Gasteiger partial charge in [0, 0.05) is 66.6 Å². The first-order valence-electron chi connectivity index (χ1n) is 36.3. The topological polar surface area (TPSA) is 364 Å². The lowest BCUT2D eigenvalue weighted by atomic mass is 9.80. The number of benzene rings is 6. The zero-order valence-corrected chi connectivity index (χ0v) is 67.3. The van der Waals surface area contributed by atoms with Crippen molar-refractivity contribution < 1.29 is 78.5 Å². The maximum absolute atomic E-state index is 16.5. The molecule has 3 unspecified atom stereocenters. The van der Waals surface area contributed by atoms with Crippen molar-refractivity contribution in [2.24, 2.45) is 0 Å². The molecule has 1 amide bonds. The van der Waals surface area contributed by atoms with Gasteiger partial charge in [0.15, 0.2) is 0 Å². The van der Waals surface area contributed by atoms with Crippen LogP contribution in [0.3, 0.4) is 0 Å². The molecule has 0 saturated carbocycles. The zero-order valence-electron chi connectivity index (χ0n) is 63.1. The second-order valence-corrected chi connectivity index (χ2v) is 32.5. The standard InChI is InChI=1S/C78H84Cl2N9O22P3.CH4/c1-48(2)89(49(3)4)112(101-39-19-37-81)107-62-40-70(87-43-50(5)72(90)84-76(87)94)105-66(62)46-102-113(96,108-60-26-17-15-24-58(60)79)111-64-42-71(88-44-51(6)73(91)85-77(88)95)106-67(64)47-103-114(97,109-61-27-18-16-25-59(61)80)110-63-41-69(86-38-36-68(83-75(86)93)82-74(92)52-20-11-9-12-21-52)104-65(63)45-100-78(53-22-13-10-14-23-53,54-28-32-56(98-7)33-29-54)55-30-34-57(99-8)35-31-55;/h9-18,20-36,38,43-44,48-49,62-67,69-71H,19,39-42,45-47H2,1-8H3,(H,84,90,94)(H,85,91,95)(H,82,83,92,93);1H4/t62-,63-,64-,65+,66+,67+,69+,70+,71+,112?,113?,114?;/m0./s1. The number of phosphoric ester groups is 2. The summed E-state index contributed by atoms with van der Waals surface area (Å²) in [5, 5.41) is 12.1. The van der Waals surface area contributed by atoms with Crippen LogP contribution in [0.25, 0.3) is 0 Å². The third-order valence-corrected chi connectivity index (χ3v) is 24.4. The molecule has 3 aromatic heterocycles. The maximum atomic E-state index is 16.5. The van der Waals surface area contributed by atoms with Gasteiger partial charge < -0.3 is 51.8 Å². The number of para-hydroxylation sites is 2. The second kappa shape index (κ2) is 38.7. The smallest absolute Gasteiger partial charge is 0.497 e. The van der Waals surface area contributed by atoms with Crippen LogP contribution < -0.4 is 52.0 Å². The lowest BCUT2D eigenvalue weighted by Gasteiger charge is -2.37. The molecule has 3 saturated heterocycles. The molecule has 9 aromatic rings. The fourth-order valence-electron chi connectivity index (χ4n) is 13.3. The summed E-state index contributed by atoms with van der Waals surface area (Å²) in [5.74, 6) is 0.0677. The summed E-state index contributed by atoms with van der Waals surface area (Å²) < 4.78 is 129. The molecule has 0 bridgehead atoms. The Morgan fingerprint density at radius 2 is 1.05 bits per heavy atom. The Bertz CT molecular complexity index is 5240. The van der Waals surface area contributed by atoms with Gasteiger partial charge in [-0.15, -0.1) is 0 Å². The van der Waals surface area contributed by atoms with E-state index in [1.807, 2.05) is 87.0 Å². The Hall–Kier alpha value is -9.25. The number of ether oxygens (including phenoxy) is 6. The number of aromatic nitrogens is 6. The van der Waals surface area contributed by atoms with Gasteiger partial charge >= 0.3 is 32.7 Å². The van der Waals surface area contributed by atoms with E-state index in [9.17, 15) is 34.0 Å². The minimum atomic E-state index is -5.32. The molecule has 0 spiro atoms. The fraction of sp³-hybridized carbons (Fsp3) is 0.367. The SMILES string of the molecule is C.COc1ccc(C(OC[C@H]2O[C@@H](n3ccc(NC(=O)c4ccccc4)nc3=O)C[C@@H]2OP(=O)(OC[C@H]2O[C@@H](n3cc(C)c(=O)[nH]c3=O)C[C@@H]2OP(=O)(OC[C@H]2O[C@@H](n3cc(C)c(=O)[nH]c3=O)C[C@@H]2OP(OCCC#N)N(C(C)C)C(C)C)Oc2ccccc2Cl)Oc2ccccc2Cl)(c2ccccc2)c2ccc(OC)cc2)cc1. The number of aryl methyl sites for hydroxylation is 2. The van der Waals surface area contributed by atoms with E-state index in [0.717, 1.165) is 9.13 Å². The minimum Gasteiger partial charge on any atom is -0.497 e. The van der Waals surface area contributed by atoms with E-state index >= 15 is 9.13 Å². The summed E-state index contributed by atoms with van der Waals surface area (Å²) >= 11 is 13.6. The first-order chi connectivity index (χ1) is 54.8. The van der Waals surface area contributed by atoms with Gasteiger partial charge in [0.25, 0.3) is 25.6 Å². The molecule has 36 heteroatoms. The van der Waals surface area contributed by atoms with Crippen molar-refractivity contribution in [2.75, 3.05) is 46.0 Å². The van der Waals surface area contributed by atoms with Gasteiger partial charge in [-0.1, -0.05) is 128 Å². The summed E-state index contributed by atoms with van der Waals surface area (Å²) in [6.45, 7) is 8.68. The molecule has 3 aliphatic heterocycles. The largest absolute Gasteiger partial charge is 0.530 e. The van der Waals surface area contributed by atoms with Crippen LogP contribution in [0.2, 0.25) is 10.0 Å². The lowest BCUT2D eigenvalue weighted by molar-refractivity contribution is -0.0949. The van der Waals surface area contributed by atoms with E-state index in [1.165, 1.54) is 73.4 Å². The van der Waals surface area contributed by atoms with Gasteiger partial charge in [0.05, 0.1) is 69.3 Å². The van der Waals surface area contributed by atoms with E-state index in [0.29, 0.717) is 33.8 Å². The van der Waals surface area contributed by atoms with Crippen molar-refractivity contribution in [3.05, 3.63) is 278 Å². The molecule has 31 nitrogen and oxygen atoms in total. The van der Waals surface area contributed by atoms with Gasteiger partial charge in [-0.05, 0) is 125 Å². The number of anilines is 1. The molecule has 610 valence electrons. The van der Waals surface area contributed by atoms with Crippen LogP contribution in [0.5, 0.6) is 23.0 Å². The molecule has 115 heavy (non-hydrogen) atoms. The van der Waals surface area contributed by atoms with E-state index in [4.69, 9.17) is 87.8 Å². The molecule has 0 aliphatic carbocycles. The Morgan fingerprint density at radius 1 is 0.617 bits per heavy atom. The normalized spacial score (nSPS) is 20.7. The minimum absolute atomic E-state index is 0. The molecule has 6 heterocycles. The zero-order chi connectivity index (χ0) is 81.0. The summed E-state index contributed by atoms with van der Waals surface area (Å²) in [6.07, 6.45) is -8.98. The average Bonchev–Trinajstić information content (AvgIpc) is 1.42. The van der Waals surface area contributed by atoms with E-state index in [1.54, 1.807) is 87.0 Å². The molecule has 0 radical (unpaired) electrons. The summed E-state index contributed by atoms with van der Waals surface area (Å²) in [7, 11) is -9.51. The van der Waals surface area contributed by atoms with Gasteiger partial charge in [0.2, 0.25) is 0 Å². The van der Waals surface area contributed by atoms with Gasteiger partial charge in [-0.3, -0.25) is 56.1 Å². The molecule has 6 aromatic carbocycles. The third kappa shape index (κ3) is 20.8. The molecule has 3 N–H and O–H groups in total. The summed E-state index contributed by atoms with van der Waals surface area (Å²) in [5.41, 5.74) is -3.00. The number of aromatic amines is 2. The number of carbonyl (C=O) groups excluding carboxylic acids is 1. The molecule has 3 aliphatic rings. The highest BCUT2D eigenvalue weighted by Crippen LogP contribution is 2.59. The number of hydrogen-bond acceptors (Lipinski definition) is 25. The number of methoxy groups -OCH3 is 2. The number of halogens is 2. The second-order valence-electron chi connectivity index (χ2n) is 27.2. The van der Waals surface area contributed by atoms with Crippen LogP contribution in [0.15, 0.2) is 206 Å². The van der Waals surface area contributed by atoms with Crippen molar-refractivity contribution in [2.45, 2.75) is 148 Å². The van der Waals surface area contributed by atoms with Crippen molar-refractivity contribution in [1.82, 2.24) is 33.3 Å².